The van der Waals surface area contributed by atoms with Crippen LogP contribution in [0.5, 0.6) is 5.75 Å². The maximum absolute atomic E-state index is 12.8. The van der Waals surface area contributed by atoms with Gasteiger partial charge in [-0.25, -0.2) is 14.2 Å². The Morgan fingerprint density at radius 3 is 2.56 bits per heavy atom. The molecule has 0 atom stereocenters. The first-order valence-electron chi connectivity index (χ1n) is 8.29. The number of anilines is 1. The fourth-order valence-electron chi connectivity index (χ4n) is 2.65. The molecule has 2 amide bonds. The van der Waals surface area contributed by atoms with Crippen LogP contribution in [0.4, 0.5) is 15.0 Å². The molecule has 1 aliphatic rings. The van der Waals surface area contributed by atoms with Crippen LogP contribution in [0.25, 0.3) is 0 Å². The number of piperazine rings is 1. The van der Waals surface area contributed by atoms with Crippen LogP contribution in [0.15, 0.2) is 48.7 Å². The minimum absolute atomic E-state index is 0.0941. The van der Waals surface area contributed by atoms with Crippen LogP contribution >= 0.6 is 0 Å². The second-order valence-electron chi connectivity index (χ2n) is 5.70. The molecule has 0 bridgehead atoms. The number of ether oxygens (including phenoxy) is 1. The van der Waals surface area contributed by atoms with E-state index in [-0.39, 0.29) is 11.8 Å². The van der Waals surface area contributed by atoms with Gasteiger partial charge in [0.15, 0.2) is 0 Å². The van der Waals surface area contributed by atoms with E-state index in [1.807, 2.05) is 18.2 Å². The average molecular weight is 344 g/mol. The van der Waals surface area contributed by atoms with Gasteiger partial charge in [-0.15, -0.1) is 0 Å². The molecule has 0 spiro atoms. The van der Waals surface area contributed by atoms with Crippen molar-refractivity contribution < 1.29 is 13.9 Å². The van der Waals surface area contributed by atoms with E-state index < -0.39 is 0 Å². The summed E-state index contributed by atoms with van der Waals surface area (Å²) in [5.74, 6) is 1.22. The lowest BCUT2D eigenvalue weighted by Gasteiger charge is -2.35. The maximum Gasteiger partial charge on any atom is 0.317 e. The summed E-state index contributed by atoms with van der Waals surface area (Å²) in [5, 5.41) is 2.84. The van der Waals surface area contributed by atoms with E-state index in [4.69, 9.17) is 4.74 Å². The Hall–Kier alpha value is -2.83. The number of pyridine rings is 1. The van der Waals surface area contributed by atoms with Gasteiger partial charge in [-0.1, -0.05) is 6.07 Å². The highest BCUT2D eigenvalue weighted by atomic mass is 19.1. The SMILES string of the molecule is O=C(NCCOc1ccc(F)cc1)N1CCN(c2ccccn2)CC1. The lowest BCUT2D eigenvalue weighted by Crippen LogP contribution is -2.52. The number of nitrogens with zero attached hydrogens (tertiary/aromatic N) is 3. The Kier molecular flexibility index (Phi) is 5.66. The second kappa shape index (κ2) is 8.32. The highest BCUT2D eigenvalue weighted by Gasteiger charge is 2.21. The van der Waals surface area contributed by atoms with Gasteiger partial charge in [-0.3, -0.25) is 0 Å². The molecule has 1 aliphatic heterocycles. The van der Waals surface area contributed by atoms with Crippen molar-refractivity contribution in [1.29, 1.82) is 0 Å². The van der Waals surface area contributed by atoms with E-state index in [0.29, 0.717) is 32.0 Å². The summed E-state index contributed by atoms with van der Waals surface area (Å²) in [4.78, 5) is 20.5. The van der Waals surface area contributed by atoms with Crippen molar-refractivity contribution in [2.75, 3.05) is 44.2 Å². The first kappa shape index (κ1) is 17.0. The summed E-state index contributed by atoms with van der Waals surface area (Å²) < 4.78 is 18.3. The molecule has 1 aromatic carbocycles. The van der Waals surface area contributed by atoms with E-state index >= 15 is 0 Å². The Morgan fingerprint density at radius 2 is 1.88 bits per heavy atom. The van der Waals surface area contributed by atoms with Gasteiger partial charge in [0.05, 0.1) is 6.54 Å². The number of rotatable bonds is 5. The van der Waals surface area contributed by atoms with Crippen LogP contribution < -0.4 is 15.0 Å². The number of hydrogen-bond acceptors (Lipinski definition) is 4. The van der Waals surface area contributed by atoms with Crippen LogP contribution in [-0.2, 0) is 0 Å². The first-order chi connectivity index (χ1) is 12.2. The van der Waals surface area contributed by atoms with Crippen LogP contribution in [0, 0.1) is 5.82 Å². The molecule has 25 heavy (non-hydrogen) atoms. The third-order valence-corrected chi connectivity index (χ3v) is 4.00. The number of carbonyl (C=O) groups is 1. The molecule has 1 fully saturated rings. The van der Waals surface area contributed by atoms with Crippen molar-refractivity contribution in [1.82, 2.24) is 15.2 Å². The molecule has 1 saturated heterocycles. The Labute approximate surface area is 146 Å². The minimum Gasteiger partial charge on any atom is -0.492 e. The largest absolute Gasteiger partial charge is 0.492 e. The minimum atomic E-state index is -0.300. The predicted octanol–water partition coefficient (Wildman–Crippen LogP) is 2.13. The summed E-state index contributed by atoms with van der Waals surface area (Å²) in [7, 11) is 0. The predicted molar refractivity (Wildman–Crippen MR) is 93.3 cm³/mol. The van der Waals surface area contributed by atoms with Gasteiger partial charge in [-0.05, 0) is 36.4 Å². The zero-order valence-electron chi connectivity index (χ0n) is 13.9. The van der Waals surface area contributed by atoms with Gasteiger partial charge in [0.25, 0.3) is 0 Å². The van der Waals surface area contributed by atoms with Crippen LogP contribution in [0.1, 0.15) is 0 Å². The molecule has 2 aromatic rings. The number of nitrogens with one attached hydrogen (secondary N) is 1. The van der Waals surface area contributed by atoms with E-state index in [1.165, 1.54) is 12.1 Å². The van der Waals surface area contributed by atoms with E-state index in [0.717, 1.165) is 18.9 Å². The van der Waals surface area contributed by atoms with Crippen LogP contribution in [0.3, 0.4) is 0 Å². The van der Waals surface area contributed by atoms with Crippen molar-refractivity contribution >= 4 is 11.8 Å². The average Bonchev–Trinajstić information content (AvgIpc) is 2.67. The molecule has 3 rings (SSSR count). The number of benzene rings is 1. The Bertz CT molecular complexity index is 673. The smallest absolute Gasteiger partial charge is 0.317 e. The summed E-state index contributed by atoms with van der Waals surface area (Å²) in [6, 6.07) is 11.5. The molecular formula is C18H21FN4O2. The Balaban J connectivity index is 1.36. The number of carbonyl (C=O) groups excluding carboxylic acids is 1. The summed E-state index contributed by atoms with van der Waals surface area (Å²) in [6.45, 7) is 3.57. The lowest BCUT2D eigenvalue weighted by molar-refractivity contribution is 0.191. The highest BCUT2D eigenvalue weighted by Crippen LogP contribution is 2.12. The number of urea groups is 1. The van der Waals surface area contributed by atoms with Gasteiger partial charge >= 0.3 is 6.03 Å². The van der Waals surface area contributed by atoms with E-state index in [2.05, 4.69) is 15.2 Å². The van der Waals surface area contributed by atoms with Crippen molar-refractivity contribution in [3.63, 3.8) is 0 Å². The standard InChI is InChI=1S/C18H21FN4O2/c19-15-4-6-16(7-5-15)25-14-9-21-18(24)23-12-10-22(11-13-23)17-3-1-2-8-20-17/h1-8H,9-14H2,(H,21,24). The molecular weight excluding hydrogens is 323 g/mol. The fourth-order valence-corrected chi connectivity index (χ4v) is 2.65. The van der Waals surface area contributed by atoms with Gasteiger partial charge in [0.2, 0.25) is 0 Å². The third-order valence-electron chi connectivity index (χ3n) is 4.00. The van der Waals surface area contributed by atoms with Crippen molar-refractivity contribution in [3.8, 4) is 5.75 Å². The van der Waals surface area contributed by atoms with Gasteiger partial charge in [-0.2, -0.15) is 0 Å². The monoisotopic (exact) mass is 344 g/mol. The molecule has 132 valence electrons. The highest BCUT2D eigenvalue weighted by molar-refractivity contribution is 5.74. The molecule has 1 aromatic heterocycles. The fraction of sp³-hybridized carbons (Fsp3) is 0.333. The van der Waals surface area contributed by atoms with Crippen LogP contribution in [0.2, 0.25) is 0 Å². The number of aromatic nitrogens is 1. The van der Waals surface area contributed by atoms with Gasteiger partial charge in [0, 0.05) is 32.4 Å². The van der Waals surface area contributed by atoms with Crippen molar-refractivity contribution in [2.24, 2.45) is 0 Å². The second-order valence-corrected chi connectivity index (χ2v) is 5.70. The van der Waals surface area contributed by atoms with Crippen LogP contribution in [-0.4, -0.2) is 55.2 Å². The molecule has 0 saturated carbocycles. The van der Waals surface area contributed by atoms with E-state index in [9.17, 15) is 9.18 Å². The molecule has 1 N–H and O–H groups in total. The topological polar surface area (TPSA) is 57.7 Å². The molecule has 0 unspecified atom stereocenters. The maximum atomic E-state index is 12.8. The third kappa shape index (κ3) is 4.82. The molecule has 0 aliphatic carbocycles. The van der Waals surface area contributed by atoms with Crippen molar-refractivity contribution in [3.05, 3.63) is 54.5 Å². The summed E-state index contributed by atoms with van der Waals surface area (Å²) in [5.41, 5.74) is 0. The zero-order valence-corrected chi connectivity index (χ0v) is 13.9. The molecule has 6 nitrogen and oxygen atoms in total. The van der Waals surface area contributed by atoms with Crippen molar-refractivity contribution in [2.45, 2.75) is 0 Å². The lowest BCUT2D eigenvalue weighted by atomic mass is 10.3. The number of halogens is 1. The number of amides is 2. The molecule has 2 heterocycles. The van der Waals surface area contributed by atoms with E-state index in [1.54, 1.807) is 23.2 Å². The molecule has 7 heteroatoms. The normalized spacial score (nSPS) is 14.3. The summed E-state index contributed by atoms with van der Waals surface area (Å²) >= 11 is 0. The zero-order chi connectivity index (χ0) is 17.5. The first-order valence-corrected chi connectivity index (χ1v) is 8.29. The quantitative estimate of drug-likeness (QED) is 0.845. The van der Waals surface area contributed by atoms with Gasteiger partial charge in [0.1, 0.15) is 24.0 Å². The summed E-state index contributed by atoms with van der Waals surface area (Å²) in [6.07, 6.45) is 1.77. The Morgan fingerprint density at radius 1 is 1.12 bits per heavy atom. The van der Waals surface area contributed by atoms with Gasteiger partial charge < -0.3 is 19.9 Å². The molecule has 0 radical (unpaired) electrons. The number of hydrogen-bond donors (Lipinski definition) is 1.